The average Bonchev–Trinajstić information content (AvgIpc) is 2.88. The predicted octanol–water partition coefficient (Wildman–Crippen LogP) is 4.18. The summed E-state index contributed by atoms with van der Waals surface area (Å²) in [6, 6.07) is 11.4. The summed E-state index contributed by atoms with van der Waals surface area (Å²) >= 11 is 0. The minimum Gasteiger partial charge on any atom is -0.493 e. The van der Waals surface area contributed by atoms with Crippen molar-refractivity contribution in [2.75, 3.05) is 33.4 Å². The number of benzene rings is 1. The predicted molar refractivity (Wildman–Crippen MR) is 127 cm³/mol. The summed E-state index contributed by atoms with van der Waals surface area (Å²) in [6.07, 6.45) is 3.10. The van der Waals surface area contributed by atoms with Crippen molar-refractivity contribution in [3.63, 3.8) is 0 Å². The third kappa shape index (κ3) is 4.53. The van der Waals surface area contributed by atoms with Crippen molar-refractivity contribution < 1.29 is 19.0 Å². The molecule has 0 saturated heterocycles. The first kappa shape index (κ1) is 25.6. The molecule has 0 unspecified atom stereocenters. The number of fused-ring (bicyclic) bond motifs is 1. The summed E-state index contributed by atoms with van der Waals surface area (Å²) in [5, 5.41) is 39.1. The molecule has 1 amide bonds. The summed E-state index contributed by atoms with van der Waals surface area (Å²) in [7, 11) is 1.51. The number of nitrogens with one attached hydrogen (secondary N) is 1. The zero-order chi connectivity index (χ0) is 25.6. The maximum Gasteiger partial charge on any atom is 0.410 e. The van der Waals surface area contributed by atoms with E-state index in [4.69, 9.17) is 19.6 Å². The third-order valence-electron chi connectivity index (χ3n) is 6.62. The highest BCUT2D eigenvalue weighted by Crippen LogP contribution is 2.54. The minimum absolute atomic E-state index is 0.156. The Kier molecular flexibility index (Phi) is 7.99. The molecule has 0 bridgehead atoms. The molecule has 0 radical (unpaired) electrons. The number of unbranched alkanes of at least 4 members (excludes halogenated alkanes) is 1. The Morgan fingerprint density at radius 2 is 1.97 bits per heavy atom. The number of nitrogens with zero attached hydrogens (tertiary/aromatic N) is 4. The van der Waals surface area contributed by atoms with Crippen molar-refractivity contribution in [2.45, 2.75) is 32.6 Å². The molecule has 2 aliphatic rings. The Morgan fingerprint density at radius 1 is 1.23 bits per heavy atom. The molecule has 1 saturated carbocycles. The number of carbonyl (C=O) groups is 1. The standard InChI is InChI=1S/C26H29N5O4/c1-4-6-11-35-21-8-7-17(12-22(21)33-3)23-20-14-31(25(32)34-5-2)10-9-18(20)19(13-27)24(30)26(23,15-28)16-29/h7-9,12,19-20,23,30H,4-6,10-11,14H2,1-3H3/t19-,20+,23+/m0/s1. The van der Waals surface area contributed by atoms with Gasteiger partial charge in [-0.15, -0.1) is 0 Å². The van der Waals surface area contributed by atoms with Gasteiger partial charge in [0.2, 0.25) is 0 Å². The molecule has 1 fully saturated rings. The van der Waals surface area contributed by atoms with E-state index in [2.05, 4.69) is 25.1 Å². The van der Waals surface area contributed by atoms with Crippen LogP contribution in [0.4, 0.5) is 4.79 Å². The molecule has 9 nitrogen and oxygen atoms in total. The fourth-order valence-electron chi connectivity index (χ4n) is 4.87. The third-order valence-corrected chi connectivity index (χ3v) is 6.62. The lowest BCUT2D eigenvalue weighted by Crippen LogP contribution is -2.53. The van der Waals surface area contributed by atoms with Crippen LogP contribution in [0.3, 0.4) is 0 Å². The number of hydrogen-bond acceptors (Lipinski definition) is 8. The lowest BCUT2D eigenvalue weighted by molar-refractivity contribution is 0.0992. The average molecular weight is 476 g/mol. The normalized spacial score (nSPS) is 22.5. The Balaban J connectivity index is 2.15. The summed E-state index contributed by atoms with van der Waals surface area (Å²) < 4.78 is 16.5. The molecule has 3 rings (SSSR count). The highest BCUT2D eigenvalue weighted by atomic mass is 16.6. The lowest BCUT2D eigenvalue weighted by Gasteiger charge is -2.47. The number of amides is 1. The van der Waals surface area contributed by atoms with E-state index in [0.29, 0.717) is 29.2 Å². The van der Waals surface area contributed by atoms with Gasteiger partial charge < -0.3 is 24.5 Å². The zero-order valence-electron chi connectivity index (χ0n) is 20.2. The van der Waals surface area contributed by atoms with E-state index in [1.807, 2.05) is 0 Å². The van der Waals surface area contributed by atoms with Gasteiger partial charge in [-0.3, -0.25) is 0 Å². The second-order valence-electron chi connectivity index (χ2n) is 8.51. The second kappa shape index (κ2) is 10.9. The molecule has 1 aromatic rings. The number of carbonyl (C=O) groups excluding carboxylic acids is 1. The van der Waals surface area contributed by atoms with Gasteiger partial charge in [-0.25, -0.2) is 4.79 Å². The van der Waals surface area contributed by atoms with Gasteiger partial charge in [0.05, 0.1) is 44.2 Å². The van der Waals surface area contributed by atoms with Crippen LogP contribution in [-0.2, 0) is 4.74 Å². The topological polar surface area (TPSA) is 143 Å². The van der Waals surface area contributed by atoms with E-state index in [9.17, 15) is 20.6 Å². The van der Waals surface area contributed by atoms with Crippen LogP contribution in [0.25, 0.3) is 0 Å². The maximum absolute atomic E-state index is 12.5. The lowest BCUT2D eigenvalue weighted by atomic mass is 9.54. The van der Waals surface area contributed by atoms with E-state index >= 15 is 0 Å². The van der Waals surface area contributed by atoms with Gasteiger partial charge in [0, 0.05) is 24.9 Å². The van der Waals surface area contributed by atoms with Gasteiger partial charge in [0.15, 0.2) is 16.9 Å². The minimum atomic E-state index is -1.89. The molecule has 35 heavy (non-hydrogen) atoms. The number of hydrogen-bond donors (Lipinski definition) is 1. The van der Waals surface area contributed by atoms with Crippen LogP contribution in [0.15, 0.2) is 29.8 Å². The summed E-state index contributed by atoms with van der Waals surface area (Å²) in [5.41, 5.74) is -0.901. The Hall–Kier alpha value is -4.03. The van der Waals surface area contributed by atoms with Crippen LogP contribution in [0.5, 0.6) is 11.5 Å². The molecule has 0 spiro atoms. The van der Waals surface area contributed by atoms with Gasteiger partial charge in [0.1, 0.15) is 5.92 Å². The second-order valence-corrected chi connectivity index (χ2v) is 8.51. The van der Waals surface area contributed by atoms with Crippen molar-refractivity contribution in [1.29, 1.82) is 21.2 Å². The molecule has 3 atom stereocenters. The van der Waals surface area contributed by atoms with E-state index in [1.54, 1.807) is 31.2 Å². The number of ether oxygens (including phenoxy) is 3. The van der Waals surface area contributed by atoms with Crippen molar-refractivity contribution in [3.05, 3.63) is 35.4 Å². The molecule has 1 aliphatic heterocycles. The van der Waals surface area contributed by atoms with Gasteiger partial charge in [-0.2, -0.15) is 15.8 Å². The largest absolute Gasteiger partial charge is 0.493 e. The first-order valence-electron chi connectivity index (χ1n) is 11.7. The van der Waals surface area contributed by atoms with Gasteiger partial charge >= 0.3 is 6.09 Å². The van der Waals surface area contributed by atoms with Crippen molar-refractivity contribution >= 4 is 11.8 Å². The van der Waals surface area contributed by atoms with E-state index in [0.717, 1.165) is 12.8 Å². The SMILES string of the molecule is CCCCOc1ccc([C@@H]2[C@@H]3CN(C(=O)OCC)CC=C3[C@H](C#N)C(=N)C2(C#N)C#N)cc1OC. The van der Waals surface area contributed by atoms with E-state index < -0.39 is 29.3 Å². The number of nitriles is 3. The number of rotatable bonds is 7. The molecule has 0 aromatic heterocycles. The van der Waals surface area contributed by atoms with Crippen LogP contribution in [0.1, 0.15) is 38.2 Å². The summed E-state index contributed by atoms with van der Waals surface area (Å²) in [6.45, 7) is 4.89. The van der Waals surface area contributed by atoms with Crippen LogP contribution >= 0.6 is 0 Å². The molecular weight excluding hydrogens is 446 g/mol. The molecule has 9 heteroatoms. The molecular formula is C26H29N5O4. The summed E-state index contributed by atoms with van der Waals surface area (Å²) in [4.78, 5) is 14.0. The Labute approximate surface area is 205 Å². The number of methoxy groups -OCH3 is 1. The fraction of sp³-hybridized carbons (Fsp3) is 0.500. The zero-order valence-corrected chi connectivity index (χ0v) is 20.2. The first-order valence-corrected chi connectivity index (χ1v) is 11.7. The van der Waals surface area contributed by atoms with Crippen LogP contribution < -0.4 is 9.47 Å². The van der Waals surface area contributed by atoms with E-state index in [1.165, 1.54) is 12.0 Å². The van der Waals surface area contributed by atoms with Crippen molar-refractivity contribution in [3.8, 4) is 29.7 Å². The maximum atomic E-state index is 12.5. The van der Waals surface area contributed by atoms with Crippen LogP contribution in [0, 0.1) is 56.7 Å². The first-order chi connectivity index (χ1) is 16.9. The molecule has 1 heterocycles. The van der Waals surface area contributed by atoms with Gasteiger partial charge in [0.25, 0.3) is 0 Å². The van der Waals surface area contributed by atoms with Crippen molar-refractivity contribution in [2.24, 2.45) is 17.3 Å². The fourth-order valence-corrected chi connectivity index (χ4v) is 4.87. The summed E-state index contributed by atoms with van der Waals surface area (Å²) in [5.74, 6) is -1.38. The smallest absolute Gasteiger partial charge is 0.410 e. The van der Waals surface area contributed by atoms with E-state index in [-0.39, 0.29) is 25.4 Å². The Morgan fingerprint density at radius 3 is 2.57 bits per heavy atom. The Bertz CT molecular complexity index is 1130. The van der Waals surface area contributed by atoms with Crippen molar-refractivity contribution in [1.82, 2.24) is 4.90 Å². The van der Waals surface area contributed by atoms with Gasteiger partial charge in [-0.1, -0.05) is 25.5 Å². The molecule has 1 aliphatic carbocycles. The van der Waals surface area contributed by atoms with Crippen LogP contribution in [0.2, 0.25) is 0 Å². The quantitative estimate of drug-likeness (QED) is 0.460. The molecule has 1 N–H and O–H groups in total. The monoisotopic (exact) mass is 475 g/mol. The molecule has 182 valence electrons. The molecule has 1 aromatic carbocycles. The van der Waals surface area contributed by atoms with Crippen LogP contribution in [-0.4, -0.2) is 50.1 Å². The highest BCUT2D eigenvalue weighted by molar-refractivity contribution is 6.01. The highest BCUT2D eigenvalue weighted by Gasteiger charge is 2.58. The van der Waals surface area contributed by atoms with Gasteiger partial charge in [-0.05, 0) is 36.6 Å².